The second kappa shape index (κ2) is 7.47. The lowest BCUT2D eigenvalue weighted by molar-refractivity contribution is -0.136. The molecule has 4 rings (SSSR count). The first kappa shape index (κ1) is 17.1. The van der Waals surface area contributed by atoms with E-state index in [0.717, 1.165) is 24.0 Å². The monoisotopic (exact) mass is 356 g/mol. The molecular formula is C19H24N4O3. The van der Waals surface area contributed by atoms with Crippen LogP contribution in [0, 0.1) is 0 Å². The topological polar surface area (TPSA) is 68.9 Å². The molecule has 2 fully saturated rings. The minimum absolute atomic E-state index is 0.0281. The van der Waals surface area contributed by atoms with Crippen molar-refractivity contribution in [3.63, 3.8) is 0 Å². The van der Waals surface area contributed by atoms with Crippen LogP contribution >= 0.6 is 0 Å². The highest BCUT2D eigenvalue weighted by atomic mass is 16.5. The number of para-hydroxylation sites is 1. The van der Waals surface area contributed by atoms with Gasteiger partial charge in [0.1, 0.15) is 5.69 Å². The first-order valence-electron chi connectivity index (χ1n) is 9.15. The van der Waals surface area contributed by atoms with E-state index in [1.165, 1.54) is 0 Å². The molecule has 2 saturated heterocycles. The molecule has 138 valence electrons. The number of aromatic nitrogens is 1. The first-order valence-corrected chi connectivity index (χ1v) is 9.15. The predicted octanol–water partition coefficient (Wildman–Crippen LogP) is 0.785. The Morgan fingerprint density at radius 3 is 2.42 bits per heavy atom. The number of aromatic amines is 1. The quantitative estimate of drug-likeness (QED) is 0.883. The summed E-state index contributed by atoms with van der Waals surface area (Å²) < 4.78 is 5.29. The largest absolute Gasteiger partial charge is 0.378 e. The zero-order chi connectivity index (χ0) is 17.9. The van der Waals surface area contributed by atoms with E-state index in [4.69, 9.17) is 4.74 Å². The molecule has 2 aliphatic heterocycles. The van der Waals surface area contributed by atoms with Crippen LogP contribution in [0.1, 0.15) is 10.5 Å². The molecule has 0 radical (unpaired) electrons. The number of hydrogen-bond acceptors (Lipinski definition) is 4. The Morgan fingerprint density at radius 2 is 1.69 bits per heavy atom. The summed E-state index contributed by atoms with van der Waals surface area (Å²) in [4.78, 5) is 34.1. The second-order valence-electron chi connectivity index (χ2n) is 6.83. The number of piperazine rings is 1. The molecule has 0 spiro atoms. The molecule has 0 saturated carbocycles. The zero-order valence-corrected chi connectivity index (χ0v) is 14.8. The summed E-state index contributed by atoms with van der Waals surface area (Å²) in [6.45, 7) is 5.76. The van der Waals surface area contributed by atoms with Gasteiger partial charge in [-0.05, 0) is 12.1 Å². The molecule has 7 nitrogen and oxygen atoms in total. The van der Waals surface area contributed by atoms with E-state index in [1.807, 2.05) is 40.1 Å². The van der Waals surface area contributed by atoms with Gasteiger partial charge >= 0.3 is 0 Å². The summed E-state index contributed by atoms with van der Waals surface area (Å²) in [5, 5.41) is 1.05. The SMILES string of the molecule is O=C(CN1CCN(C(=O)c2cc3ccccc3[nH]2)CC1)N1CCOCC1. The molecule has 0 aliphatic carbocycles. The number of benzene rings is 1. The van der Waals surface area contributed by atoms with Gasteiger partial charge in [0, 0.05) is 50.2 Å². The average molecular weight is 356 g/mol. The van der Waals surface area contributed by atoms with Gasteiger partial charge in [0.25, 0.3) is 5.91 Å². The Labute approximate surface area is 152 Å². The Kier molecular flexibility index (Phi) is 4.90. The standard InChI is InChI=1S/C19H24N4O3/c24-18(22-9-11-26-12-10-22)14-21-5-7-23(8-6-21)19(25)17-13-15-3-1-2-4-16(15)20-17/h1-4,13,20H,5-12,14H2. The highest BCUT2D eigenvalue weighted by Crippen LogP contribution is 2.17. The lowest BCUT2D eigenvalue weighted by Crippen LogP contribution is -2.52. The fourth-order valence-electron chi connectivity index (χ4n) is 3.57. The van der Waals surface area contributed by atoms with Gasteiger partial charge in [-0.15, -0.1) is 0 Å². The van der Waals surface area contributed by atoms with E-state index in [2.05, 4.69) is 9.88 Å². The van der Waals surface area contributed by atoms with E-state index in [-0.39, 0.29) is 11.8 Å². The molecule has 26 heavy (non-hydrogen) atoms. The fourth-order valence-corrected chi connectivity index (χ4v) is 3.57. The van der Waals surface area contributed by atoms with Crippen molar-refractivity contribution < 1.29 is 14.3 Å². The third-order valence-electron chi connectivity index (χ3n) is 5.14. The molecule has 1 N–H and O–H groups in total. The smallest absolute Gasteiger partial charge is 0.270 e. The third-order valence-corrected chi connectivity index (χ3v) is 5.14. The molecule has 0 unspecified atom stereocenters. The fraction of sp³-hybridized carbons (Fsp3) is 0.474. The van der Waals surface area contributed by atoms with Crippen molar-refractivity contribution in [1.82, 2.24) is 19.7 Å². The molecule has 1 aromatic carbocycles. The van der Waals surface area contributed by atoms with Crippen molar-refractivity contribution in [1.29, 1.82) is 0 Å². The van der Waals surface area contributed by atoms with E-state index in [9.17, 15) is 9.59 Å². The van der Waals surface area contributed by atoms with Gasteiger partial charge < -0.3 is 19.5 Å². The molecule has 2 amide bonds. The maximum atomic E-state index is 12.7. The summed E-state index contributed by atoms with van der Waals surface area (Å²) in [5.74, 6) is 0.184. The van der Waals surface area contributed by atoms with Crippen LogP contribution in [0.5, 0.6) is 0 Å². The Bertz CT molecular complexity index is 756. The lowest BCUT2D eigenvalue weighted by Gasteiger charge is -2.35. The number of morpholine rings is 1. The summed E-state index contributed by atoms with van der Waals surface area (Å²) >= 11 is 0. The number of carbonyl (C=O) groups is 2. The van der Waals surface area contributed by atoms with Gasteiger partial charge in [0.2, 0.25) is 5.91 Å². The van der Waals surface area contributed by atoms with E-state index >= 15 is 0 Å². The van der Waals surface area contributed by atoms with Gasteiger partial charge in [-0.25, -0.2) is 0 Å². The van der Waals surface area contributed by atoms with E-state index in [0.29, 0.717) is 51.6 Å². The van der Waals surface area contributed by atoms with Gasteiger partial charge in [0.05, 0.1) is 19.8 Å². The Morgan fingerprint density at radius 1 is 0.962 bits per heavy atom. The molecule has 1 aromatic heterocycles. The van der Waals surface area contributed by atoms with E-state index in [1.54, 1.807) is 0 Å². The number of ether oxygens (including phenoxy) is 1. The number of nitrogens with one attached hydrogen (secondary N) is 1. The van der Waals surface area contributed by atoms with Crippen LogP contribution in [-0.2, 0) is 9.53 Å². The number of fused-ring (bicyclic) bond motifs is 1. The van der Waals surface area contributed by atoms with Crippen molar-refractivity contribution in [2.24, 2.45) is 0 Å². The number of nitrogens with zero attached hydrogens (tertiary/aromatic N) is 3. The maximum Gasteiger partial charge on any atom is 0.270 e. The van der Waals surface area contributed by atoms with Gasteiger partial charge in [-0.3, -0.25) is 14.5 Å². The number of rotatable bonds is 3. The predicted molar refractivity (Wildman–Crippen MR) is 98.0 cm³/mol. The average Bonchev–Trinajstić information content (AvgIpc) is 3.13. The van der Waals surface area contributed by atoms with Crippen LogP contribution < -0.4 is 0 Å². The third kappa shape index (κ3) is 3.59. The molecule has 7 heteroatoms. The molecule has 2 aromatic rings. The van der Waals surface area contributed by atoms with Crippen LogP contribution in [0.25, 0.3) is 10.9 Å². The maximum absolute atomic E-state index is 12.7. The second-order valence-corrected chi connectivity index (χ2v) is 6.83. The molecular weight excluding hydrogens is 332 g/mol. The van der Waals surface area contributed by atoms with Crippen LogP contribution in [0.2, 0.25) is 0 Å². The van der Waals surface area contributed by atoms with Gasteiger partial charge in [0.15, 0.2) is 0 Å². The summed E-state index contributed by atoms with van der Waals surface area (Å²) in [7, 11) is 0. The Balaban J connectivity index is 1.31. The summed E-state index contributed by atoms with van der Waals surface area (Å²) in [6, 6.07) is 9.80. The van der Waals surface area contributed by atoms with Crippen molar-refractivity contribution in [2.45, 2.75) is 0 Å². The van der Waals surface area contributed by atoms with Crippen LogP contribution in [0.4, 0.5) is 0 Å². The molecule has 2 aliphatic rings. The van der Waals surface area contributed by atoms with Crippen LogP contribution in [0.3, 0.4) is 0 Å². The number of carbonyl (C=O) groups excluding carboxylic acids is 2. The minimum Gasteiger partial charge on any atom is -0.378 e. The highest BCUT2D eigenvalue weighted by Gasteiger charge is 2.26. The molecule has 0 bridgehead atoms. The van der Waals surface area contributed by atoms with E-state index < -0.39 is 0 Å². The van der Waals surface area contributed by atoms with Crippen molar-refractivity contribution in [3.8, 4) is 0 Å². The number of amides is 2. The van der Waals surface area contributed by atoms with Crippen LogP contribution in [0.15, 0.2) is 30.3 Å². The summed E-state index contributed by atoms with van der Waals surface area (Å²) in [6.07, 6.45) is 0. The van der Waals surface area contributed by atoms with Crippen molar-refractivity contribution in [3.05, 3.63) is 36.0 Å². The first-order chi connectivity index (χ1) is 12.7. The Hall–Kier alpha value is -2.38. The molecule has 0 atom stereocenters. The van der Waals surface area contributed by atoms with Gasteiger partial charge in [-0.2, -0.15) is 0 Å². The molecule has 3 heterocycles. The van der Waals surface area contributed by atoms with Crippen molar-refractivity contribution in [2.75, 3.05) is 59.0 Å². The summed E-state index contributed by atoms with van der Waals surface area (Å²) in [5.41, 5.74) is 1.61. The number of H-pyrrole nitrogens is 1. The lowest BCUT2D eigenvalue weighted by atomic mass is 10.2. The minimum atomic E-state index is 0.0281. The highest BCUT2D eigenvalue weighted by molar-refractivity contribution is 5.98. The van der Waals surface area contributed by atoms with Crippen molar-refractivity contribution >= 4 is 22.7 Å². The normalized spacial score (nSPS) is 19.1. The van der Waals surface area contributed by atoms with Gasteiger partial charge in [-0.1, -0.05) is 18.2 Å². The number of hydrogen-bond donors (Lipinski definition) is 1. The van der Waals surface area contributed by atoms with Crippen LogP contribution in [-0.4, -0.2) is 90.5 Å². The zero-order valence-electron chi connectivity index (χ0n) is 14.8.